The molecule has 0 aromatic heterocycles. The molecule has 0 heterocycles. The second kappa shape index (κ2) is 7.12. The molecule has 0 aliphatic carbocycles. The third-order valence-electron chi connectivity index (χ3n) is 2.62. The van der Waals surface area contributed by atoms with Crippen molar-refractivity contribution in [2.45, 2.75) is 13.8 Å². The van der Waals surface area contributed by atoms with Gasteiger partial charge in [0.05, 0.1) is 11.1 Å². The summed E-state index contributed by atoms with van der Waals surface area (Å²) in [6.07, 6.45) is 0. The number of carboxylic acids is 2. The molecule has 0 aliphatic rings. The predicted molar refractivity (Wildman–Crippen MR) is 79.6 cm³/mol. The fourth-order valence-corrected chi connectivity index (χ4v) is 1.77. The number of benzene rings is 2. The van der Waals surface area contributed by atoms with Gasteiger partial charge in [-0.15, -0.1) is 0 Å². The minimum Gasteiger partial charge on any atom is -0.508 e. The number of hydrogen-bond donors (Lipinski definition) is 4. The number of aryl methyl sites for hydroxylation is 2. The number of aromatic carboxylic acids is 2. The van der Waals surface area contributed by atoms with Gasteiger partial charge in [-0.1, -0.05) is 0 Å². The van der Waals surface area contributed by atoms with Crippen molar-refractivity contribution in [2.75, 3.05) is 0 Å². The molecule has 0 spiro atoms. The van der Waals surface area contributed by atoms with Crippen LogP contribution in [0.4, 0.5) is 0 Å². The molecule has 0 amide bonds. The van der Waals surface area contributed by atoms with Crippen molar-refractivity contribution in [3.05, 3.63) is 58.7 Å². The monoisotopic (exact) mass is 304 g/mol. The van der Waals surface area contributed by atoms with Crippen LogP contribution in [0.5, 0.6) is 11.5 Å². The van der Waals surface area contributed by atoms with E-state index in [1.807, 2.05) is 0 Å². The molecule has 0 fully saturated rings. The topological polar surface area (TPSA) is 115 Å². The molecule has 0 atom stereocenters. The Morgan fingerprint density at radius 1 is 0.682 bits per heavy atom. The third kappa shape index (κ3) is 5.16. The Morgan fingerprint density at radius 2 is 1.00 bits per heavy atom. The quantitative estimate of drug-likeness (QED) is 0.678. The van der Waals surface area contributed by atoms with Crippen LogP contribution in [0.25, 0.3) is 0 Å². The van der Waals surface area contributed by atoms with Crippen molar-refractivity contribution >= 4 is 11.9 Å². The molecule has 0 saturated heterocycles. The van der Waals surface area contributed by atoms with Gasteiger partial charge in [0, 0.05) is 0 Å². The molecular weight excluding hydrogens is 288 g/mol. The van der Waals surface area contributed by atoms with Gasteiger partial charge in [0.15, 0.2) is 0 Å². The van der Waals surface area contributed by atoms with E-state index in [1.54, 1.807) is 13.8 Å². The molecule has 0 saturated carbocycles. The standard InChI is InChI=1S/2C8H8O3/c2*1-5-2-6(8(10)11)4-7(9)3-5/h2*2-4,9H,1H3,(H,10,11). The largest absolute Gasteiger partial charge is 0.508 e. The number of phenols is 2. The molecule has 2 aromatic rings. The van der Waals surface area contributed by atoms with Gasteiger partial charge >= 0.3 is 11.9 Å². The summed E-state index contributed by atoms with van der Waals surface area (Å²) >= 11 is 0. The van der Waals surface area contributed by atoms with Crippen LogP contribution in [-0.2, 0) is 0 Å². The average molecular weight is 304 g/mol. The van der Waals surface area contributed by atoms with Crippen LogP contribution < -0.4 is 0 Å². The maximum atomic E-state index is 10.4. The van der Waals surface area contributed by atoms with Gasteiger partial charge in [0.1, 0.15) is 11.5 Å². The van der Waals surface area contributed by atoms with E-state index in [0.717, 1.165) is 11.1 Å². The molecule has 4 N–H and O–H groups in total. The van der Waals surface area contributed by atoms with E-state index in [4.69, 9.17) is 20.4 Å². The lowest BCUT2D eigenvalue weighted by molar-refractivity contribution is 0.0685. The number of carboxylic acid groups (broad SMARTS) is 2. The van der Waals surface area contributed by atoms with E-state index in [-0.39, 0.29) is 22.6 Å². The van der Waals surface area contributed by atoms with E-state index >= 15 is 0 Å². The van der Waals surface area contributed by atoms with Gasteiger partial charge in [-0.3, -0.25) is 0 Å². The summed E-state index contributed by atoms with van der Waals surface area (Å²) in [5.74, 6) is -2.07. The van der Waals surface area contributed by atoms with E-state index in [2.05, 4.69) is 0 Å². The first-order valence-electron chi connectivity index (χ1n) is 6.27. The van der Waals surface area contributed by atoms with Gasteiger partial charge < -0.3 is 20.4 Å². The highest BCUT2D eigenvalue weighted by Crippen LogP contribution is 2.15. The van der Waals surface area contributed by atoms with Crippen molar-refractivity contribution in [1.82, 2.24) is 0 Å². The van der Waals surface area contributed by atoms with Crippen molar-refractivity contribution in [3.8, 4) is 11.5 Å². The molecule has 6 nitrogen and oxygen atoms in total. The molecular formula is C16H16O6. The van der Waals surface area contributed by atoms with Gasteiger partial charge in [-0.25, -0.2) is 9.59 Å². The van der Waals surface area contributed by atoms with Crippen molar-refractivity contribution in [2.24, 2.45) is 0 Å². The predicted octanol–water partition coefficient (Wildman–Crippen LogP) is 2.80. The van der Waals surface area contributed by atoms with Crippen molar-refractivity contribution in [1.29, 1.82) is 0 Å². The normalized spacial score (nSPS) is 9.55. The molecule has 0 bridgehead atoms. The summed E-state index contributed by atoms with van der Waals surface area (Å²) in [6, 6.07) is 8.45. The molecule has 2 aromatic carbocycles. The summed E-state index contributed by atoms with van der Waals surface area (Å²) in [7, 11) is 0. The van der Waals surface area contributed by atoms with Crippen LogP contribution in [0.15, 0.2) is 36.4 Å². The average Bonchev–Trinajstić information content (AvgIpc) is 2.37. The van der Waals surface area contributed by atoms with Crippen LogP contribution in [0, 0.1) is 13.8 Å². The van der Waals surface area contributed by atoms with Crippen LogP contribution >= 0.6 is 0 Å². The number of phenolic OH excluding ortho intramolecular Hbond substituents is 2. The Bertz CT molecular complexity index is 604. The lowest BCUT2D eigenvalue weighted by atomic mass is 10.1. The Labute approximate surface area is 126 Å². The van der Waals surface area contributed by atoms with Gasteiger partial charge in [0.2, 0.25) is 0 Å². The summed E-state index contributed by atoms with van der Waals surface area (Å²) in [5, 5.41) is 35.0. The first-order valence-corrected chi connectivity index (χ1v) is 6.27. The second-order valence-corrected chi connectivity index (χ2v) is 4.72. The van der Waals surface area contributed by atoms with E-state index in [9.17, 15) is 9.59 Å². The Hall–Kier alpha value is -3.02. The minimum atomic E-state index is -1.02. The minimum absolute atomic E-state index is 0.0117. The maximum Gasteiger partial charge on any atom is 0.335 e. The molecule has 116 valence electrons. The number of rotatable bonds is 2. The third-order valence-corrected chi connectivity index (χ3v) is 2.62. The van der Waals surface area contributed by atoms with Gasteiger partial charge in [0.25, 0.3) is 0 Å². The molecule has 0 radical (unpaired) electrons. The summed E-state index contributed by atoms with van der Waals surface area (Å²) in [5.41, 5.74) is 1.70. The number of hydrogen-bond acceptors (Lipinski definition) is 4. The first kappa shape index (κ1) is 17.0. The van der Waals surface area contributed by atoms with E-state index in [0.29, 0.717) is 0 Å². The Morgan fingerprint density at radius 3 is 1.23 bits per heavy atom. The number of carbonyl (C=O) groups is 2. The summed E-state index contributed by atoms with van der Waals surface area (Å²) < 4.78 is 0. The highest BCUT2D eigenvalue weighted by molar-refractivity contribution is 5.88. The fraction of sp³-hybridized carbons (Fsp3) is 0.125. The lowest BCUT2D eigenvalue weighted by Crippen LogP contribution is -1.95. The van der Waals surface area contributed by atoms with Crippen LogP contribution in [0.1, 0.15) is 31.8 Å². The fourth-order valence-electron chi connectivity index (χ4n) is 1.77. The lowest BCUT2D eigenvalue weighted by Gasteiger charge is -1.97. The molecule has 0 unspecified atom stereocenters. The maximum absolute atomic E-state index is 10.4. The SMILES string of the molecule is Cc1cc(O)cc(C(=O)O)c1.Cc1cc(O)cc(C(=O)O)c1. The van der Waals surface area contributed by atoms with Crippen LogP contribution in [0.3, 0.4) is 0 Å². The Balaban J connectivity index is 0.000000220. The van der Waals surface area contributed by atoms with Crippen LogP contribution in [0.2, 0.25) is 0 Å². The zero-order chi connectivity index (χ0) is 16.9. The highest BCUT2D eigenvalue weighted by Gasteiger charge is 2.04. The highest BCUT2D eigenvalue weighted by atomic mass is 16.4. The molecule has 2 rings (SSSR count). The van der Waals surface area contributed by atoms with Crippen molar-refractivity contribution < 1.29 is 30.0 Å². The zero-order valence-corrected chi connectivity index (χ0v) is 12.1. The number of aromatic hydroxyl groups is 2. The van der Waals surface area contributed by atoms with E-state index in [1.165, 1.54) is 36.4 Å². The summed E-state index contributed by atoms with van der Waals surface area (Å²) in [4.78, 5) is 20.8. The smallest absolute Gasteiger partial charge is 0.335 e. The van der Waals surface area contributed by atoms with E-state index < -0.39 is 11.9 Å². The summed E-state index contributed by atoms with van der Waals surface area (Å²) in [6.45, 7) is 3.46. The van der Waals surface area contributed by atoms with Gasteiger partial charge in [-0.2, -0.15) is 0 Å². The van der Waals surface area contributed by atoms with Crippen molar-refractivity contribution in [3.63, 3.8) is 0 Å². The Kier molecular flexibility index (Phi) is 5.51. The molecule has 0 aliphatic heterocycles. The second-order valence-electron chi connectivity index (χ2n) is 4.72. The van der Waals surface area contributed by atoms with Gasteiger partial charge in [-0.05, 0) is 61.4 Å². The van der Waals surface area contributed by atoms with Crippen LogP contribution in [-0.4, -0.2) is 32.4 Å². The zero-order valence-electron chi connectivity index (χ0n) is 12.1. The molecule has 22 heavy (non-hydrogen) atoms. The first-order chi connectivity index (χ1) is 10.2. The molecule has 6 heteroatoms.